The maximum absolute atomic E-state index is 9.65. The normalized spacial score (nSPS) is 12.9. The summed E-state index contributed by atoms with van der Waals surface area (Å²) in [5.74, 6) is 0.780. The van der Waals surface area contributed by atoms with Crippen molar-refractivity contribution in [3.05, 3.63) is 29.3 Å². The predicted molar refractivity (Wildman–Crippen MR) is 65.9 cm³/mol. The average Bonchev–Trinajstić information content (AvgIpc) is 2.19. The van der Waals surface area contributed by atoms with E-state index in [9.17, 15) is 5.11 Å². The molecule has 1 aromatic rings. The van der Waals surface area contributed by atoms with E-state index in [4.69, 9.17) is 4.74 Å². The van der Waals surface area contributed by atoms with Crippen LogP contribution < -0.4 is 4.74 Å². The molecule has 1 atom stereocenters. The summed E-state index contributed by atoms with van der Waals surface area (Å²) in [6.07, 6.45) is -0.491. The van der Waals surface area contributed by atoms with Crippen molar-refractivity contribution in [3.8, 4) is 5.75 Å². The molecule has 0 aliphatic heterocycles. The third kappa shape index (κ3) is 3.83. The van der Waals surface area contributed by atoms with Crippen molar-refractivity contribution in [3.63, 3.8) is 0 Å². The highest BCUT2D eigenvalue weighted by Gasteiger charge is 2.09. The number of nitrogens with zero attached hydrogens (tertiary/aromatic N) is 1. The Bertz CT molecular complexity index is 335. The first-order valence-corrected chi connectivity index (χ1v) is 5.57. The molecule has 3 heteroatoms. The highest BCUT2D eigenvalue weighted by atomic mass is 16.5. The van der Waals surface area contributed by atoms with Crippen LogP contribution in [0.15, 0.2) is 18.2 Å². The minimum atomic E-state index is -0.491. The number of rotatable bonds is 5. The molecule has 1 rings (SSSR count). The summed E-state index contributed by atoms with van der Waals surface area (Å²) in [5.41, 5.74) is 2.00. The maximum atomic E-state index is 9.65. The van der Waals surface area contributed by atoms with Gasteiger partial charge >= 0.3 is 0 Å². The molecule has 0 unspecified atom stereocenters. The Balaban J connectivity index is 2.71. The number of benzene rings is 1. The second-order valence-electron chi connectivity index (χ2n) is 4.37. The number of hydrogen-bond donors (Lipinski definition) is 1. The zero-order valence-corrected chi connectivity index (χ0v) is 10.5. The van der Waals surface area contributed by atoms with Crippen LogP contribution in [0.25, 0.3) is 0 Å². The Morgan fingerprint density at radius 3 is 2.62 bits per heavy atom. The summed E-state index contributed by atoms with van der Waals surface area (Å²) < 4.78 is 5.66. The quantitative estimate of drug-likeness (QED) is 0.828. The summed E-state index contributed by atoms with van der Waals surface area (Å²) in [6, 6.07) is 5.89. The first-order valence-electron chi connectivity index (χ1n) is 5.57. The van der Waals surface area contributed by atoms with E-state index in [1.165, 1.54) is 0 Å². The third-order valence-electron chi connectivity index (χ3n) is 2.41. The Kier molecular flexibility index (Phi) is 4.77. The standard InChI is InChI=1S/C13H21NO2/c1-10-5-6-13(12(9-10)11(2)15)16-8-7-14(3)4/h5-6,9,11,15H,7-8H2,1-4H3/t11-/m0/s1. The Morgan fingerprint density at radius 1 is 1.38 bits per heavy atom. The molecule has 0 saturated carbocycles. The van der Waals surface area contributed by atoms with E-state index in [2.05, 4.69) is 4.90 Å². The molecule has 0 fully saturated rings. The Morgan fingerprint density at radius 2 is 2.06 bits per heavy atom. The summed E-state index contributed by atoms with van der Waals surface area (Å²) >= 11 is 0. The minimum absolute atomic E-state index is 0.491. The second-order valence-corrected chi connectivity index (χ2v) is 4.37. The molecule has 0 aliphatic rings. The molecule has 1 N–H and O–H groups in total. The number of hydrogen-bond acceptors (Lipinski definition) is 3. The van der Waals surface area contributed by atoms with Gasteiger partial charge in [-0.3, -0.25) is 0 Å². The molecule has 0 aromatic heterocycles. The summed E-state index contributed by atoms with van der Waals surface area (Å²) in [4.78, 5) is 2.07. The number of aliphatic hydroxyl groups excluding tert-OH is 1. The lowest BCUT2D eigenvalue weighted by atomic mass is 10.1. The van der Waals surface area contributed by atoms with E-state index in [0.29, 0.717) is 6.61 Å². The topological polar surface area (TPSA) is 32.7 Å². The van der Waals surface area contributed by atoms with Gasteiger partial charge < -0.3 is 14.7 Å². The van der Waals surface area contributed by atoms with Gasteiger partial charge in [0.2, 0.25) is 0 Å². The first-order chi connectivity index (χ1) is 7.50. The summed E-state index contributed by atoms with van der Waals surface area (Å²) in [6.45, 7) is 5.27. The lowest BCUT2D eigenvalue weighted by molar-refractivity contribution is 0.188. The van der Waals surface area contributed by atoms with Gasteiger partial charge in [-0.15, -0.1) is 0 Å². The van der Waals surface area contributed by atoms with E-state index >= 15 is 0 Å². The van der Waals surface area contributed by atoms with Crippen LogP contribution in [0.3, 0.4) is 0 Å². The van der Waals surface area contributed by atoms with Crippen LogP contribution >= 0.6 is 0 Å². The van der Waals surface area contributed by atoms with E-state index in [0.717, 1.165) is 23.4 Å². The molecule has 0 aliphatic carbocycles. The van der Waals surface area contributed by atoms with Crippen molar-refractivity contribution in [2.24, 2.45) is 0 Å². The highest BCUT2D eigenvalue weighted by Crippen LogP contribution is 2.26. The van der Waals surface area contributed by atoms with Crippen LogP contribution in [0.2, 0.25) is 0 Å². The second kappa shape index (κ2) is 5.87. The van der Waals surface area contributed by atoms with Gasteiger partial charge in [-0.25, -0.2) is 0 Å². The molecule has 0 spiro atoms. The molecular weight excluding hydrogens is 202 g/mol. The first kappa shape index (κ1) is 13.0. The third-order valence-corrected chi connectivity index (χ3v) is 2.41. The number of aliphatic hydroxyl groups is 1. The number of ether oxygens (including phenoxy) is 1. The van der Waals surface area contributed by atoms with E-state index < -0.39 is 6.10 Å². The van der Waals surface area contributed by atoms with Gasteiger partial charge in [-0.2, -0.15) is 0 Å². The fourth-order valence-corrected chi connectivity index (χ4v) is 1.46. The largest absolute Gasteiger partial charge is 0.492 e. The molecule has 0 bridgehead atoms. The number of aryl methyl sites for hydroxylation is 1. The molecule has 0 radical (unpaired) electrons. The van der Waals surface area contributed by atoms with Gasteiger partial charge in [0.25, 0.3) is 0 Å². The van der Waals surface area contributed by atoms with Crippen LogP contribution in [0.4, 0.5) is 0 Å². The zero-order chi connectivity index (χ0) is 12.1. The van der Waals surface area contributed by atoms with Crippen molar-refractivity contribution in [2.75, 3.05) is 27.2 Å². The van der Waals surface area contributed by atoms with Gasteiger partial charge in [0.15, 0.2) is 0 Å². The van der Waals surface area contributed by atoms with Gasteiger partial charge in [0.05, 0.1) is 6.10 Å². The lowest BCUT2D eigenvalue weighted by Crippen LogP contribution is -2.19. The number of likely N-dealkylation sites (N-methyl/N-ethyl adjacent to an activating group) is 1. The van der Waals surface area contributed by atoms with E-state index in [1.807, 2.05) is 39.2 Å². The molecule has 16 heavy (non-hydrogen) atoms. The molecule has 0 saturated heterocycles. The molecule has 3 nitrogen and oxygen atoms in total. The van der Waals surface area contributed by atoms with E-state index in [1.54, 1.807) is 6.92 Å². The van der Waals surface area contributed by atoms with Crippen molar-refractivity contribution in [1.82, 2.24) is 4.90 Å². The Hall–Kier alpha value is -1.06. The van der Waals surface area contributed by atoms with Gasteiger partial charge in [-0.05, 0) is 40.1 Å². The monoisotopic (exact) mass is 223 g/mol. The lowest BCUT2D eigenvalue weighted by Gasteiger charge is -2.16. The molecule has 0 heterocycles. The highest BCUT2D eigenvalue weighted by molar-refractivity contribution is 5.38. The van der Waals surface area contributed by atoms with Crippen molar-refractivity contribution >= 4 is 0 Å². The molecule has 0 amide bonds. The molecule has 90 valence electrons. The van der Waals surface area contributed by atoms with Gasteiger partial charge in [0.1, 0.15) is 12.4 Å². The molecule has 1 aromatic carbocycles. The summed E-state index contributed by atoms with van der Waals surface area (Å²) in [5, 5.41) is 9.65. The van der Waals surface area contributed by atoms with Gasteiger partial charge in [0, 0.05) is 12.1 Å². The van der Waals surface area contributed by atoms with Crippen molar-refractivity contribution in [1.29, 1.82) is 0 Å². The predicted octanol–water partition coefficient (Wildman–Crippen LogP) is 1.99. The summed E-state index contributed by atoms with van der Waals surface area (Å²) in [7, 11) is 4.02. The van der Waals surface area contributed by atoms with Crippen LogP contribution in [0, 0.1) is 6.92 Å². The van der Waals surface area contributed by atoms with Gasteiger partial charge in [-0.1, -0.05) is 11.6 Å². The van der Waals surface area contributed by atoms with Crippen molar-refractivity contribution < 1.29 is 9.84 Å². The fourth-order valence-electron chi connectivity index (χ4n) is 1.46. The smallest absolute Gasteiger partial charge is 0.125 e. The average molecular weight is 223 g/mol. The Labute approximate surface area is 97.7 Å². The van der Waals surface area contributed by atoms with Crippen LogP contribution in [-0.4, -0.2) is 37.3 Å². The SMILES string of the molecule is Cc1ccc(OCCN(C)C)c([C@H](C)O)c1. The molecular formula is C13H21NO2. The van der Waals surface area contributed by atoms with Crippen LogP contribution in [0.5, 0.6) is 5.75 Å². The maximum Gasteiger partial charge on any atom is 0.125 e. The minimum Gasteiger partial charge on any atom is -0.492 e. The zero-order valence-electron chi connectivity index (χ0n) is 10.5. The fraction of sp³-hybridized carbons (Fsp3) is 0.538. The van der Waals surface area contributed by atoms with Crippen LogP contribution in [0.1, 0.15) is 24.2 Å². The van der Waals surface area contributed by atoms with Crippen LogP contribution in [-0.2, 0) is 0 Å². The van der Waals surface area contributed by atoms with E-state index in [-0.39, 0.29) is 0 Å². The van der Waals surface area contributed by atoms with Crippen molar-refractivity contribution in [2.45, 2.75) is 20.0 Å².